The molecular weight excluding hydrogens is 482 g/mol. The fourth-order valence-electron chi connectivity index (χ4n) is 5.35. The summed E-state index contributed by atoms with van der Waals surface area (Å²) in [6.45, 7) is 12.1. The molecular formula is C30H36ClN5O. The molecule has 2 aliphatic rings. The molecule has 0 saturated carbocycles. The van der Waals surface area contributed by atoms with E-state index in [4.69, 9.17) is 11.6 Å². The van der Waals surface area contributed by atoms with Crippen molar-refractivity contribution in [2.45, 2.75) is 26.8 Å². The van der Waals surface area contributed by atoms with Crippen molar-refractivity contribution in [1.29, 1.82) is 0 Å². The van der Waals surface area contributed by atoms with Crippen LogP contribution in [0.3, 0.4) is 0 Å². The molecule has 2 saturated heterocycles. The third kappa shape index (κ3) is 5.69. The molecule has 0 bridgehead atoms. The average Bonchev–Trinajstić information content (AvgIpc) is 2.93. The van der Waals surface area contributed by atoms with Crippen LogP contribution in [0.15, 0.2) is 73.1 Å². The molecule has 7 heteroatoms. The molecule has 0 aliphatic carbocycles. The number of amides is 1. The van der Waals surface area contributed by atoms with Gasteiger partial charge < -0.3 is 19.6 Å². The predicted molar refractivity (Wildman–Crippen MR) is 153 cm³/mol. The Hall–Kier alpha value is -3.25. The number of hydrogen-bond donors (Lipinski definition) is 0. The van der Waals surface area contributed by atoms with E-state index in [1.807, 2.05) is 50.2 Å². The van der Waals surface area contributed by atoms with Gasteiger partial charge in [0.25, 0.3) is 0 Å². The average molecular weight is 518 g/mol. The second-order valence-electron chi connectivity index (χ2n) is 11.0. The Morgan fingerprint density at radius 1 is 0.757 bits per heavy atom. The van der Waals surface area contributed by atoms with Crippen molar-refractivity contribution in [1.82, 2.24) is 9.88 Å². The molecule has 0 radical (unpaired) electrons. The third-order valence-electron chi connectivity index (χ3n) is 7.42. The van der Waals surface area contributed by atoms with Gasteiger partial charge in [0.1, 0.15) is 0 Å². The first-order valence-electron chi connectivity index (χ1n) is 13.1. The maximum atomic E-state index is 13.1. The van der Waals surface area contributed by atoms with E-state index in [1.165, 1.54) is 16.9 Å². The number of rotatable bonds is 4. The molecule has 2 aliphatic heterocycles. The summed E-state index contributed by atoms with van der Waals surface area (Å²) in [5.74, 6) is 0.206. The number of hydrogen-bond acceptors (Lipinski definition) is 5. The van der Waals surface area contributed by atoms with Gasteiger partial charge in [-0.1, -0.05) is 44.5 Å². The number of aromatic nitrogens is 1. The van der Waals surface area contributed by atoms with Gasteiger partial charge >= 0.3 is 0 Å². The zero-order chi connectivity index (χ0) is 26.0. The molecule has 2 fully saturated rings. The highest BCUT2D eigenvalue weighted by Crippen LogP contribution is 2.34. The Morgan fingerprint density at radius 2 is 1.30 bits per heavy atom. The number of halogens is 1. The van der Waals surface area contributed by atoms with Crippen LogP contribution in [0.25, 0.3) is 0 Å². The maximum absolute atomic E-state index is 13.1. The normalized spacial score (nSPS) is 18.8. The lowest BCUT2D eigenvalue weighted by Gasteiger charge is -2.44. The summed E-state index contributed by atoms with van der Waals surface area (Å²) >= 11 is 6.17. The lowest BCUT2D eigenvalue weighted by Crippen LogP contribution is -2.53. The molecule has 194 valence electrons. The SMILES string of the molecule is CC(C)(C)C(=O)N1CCN(c2ccc(Cl)cc2)[C@H](c2ccc(N3CCN(c4ccncc4)CC3)cc2)C1. The number of piperazine rings is 2. The van der Waals surface area contributed by atoms with Crippen LogP contribution >= 0.6 is 11.6 Å². The van der Waals surface area contributed by atoms with Crippen LogP contribution in [0, 0.1) is 5.41 Å². The number of anilines is 3. The Balaban J connectivity index is 1.33. The van der Waals surface area contributed by atoms with Gasteiger partial charge in [0.05, 0.1) is 6.04 Å². The second kappa shape index (κ2) is 10.6. The molecule has 5 rings (SSSR count). The van der Waals surface area contributed by atoms with E-state index in [0.717, 1.165) is 50.0 Å². The van der Waals surface area contributed by atoms with Gasteiger partial charge in [0.15, 0.2) is 0 Å². The number of nitrogens with zero attached hydrogens (tertiary/aromatic N) is 5. The first kappa shape index (κ1) is 25.4. The first-order chi connectivity index (χ1) is 17.8. The van der Waals surface area contributed by atoms with Gasteiger partial charge in [-0.3, -0.25) is 9.78 Å². The lowest BCUT2D eigenvalue weighted by molar-refractivity contribution is -0.140. The Kier molecular flexibility index (Phi) is 7.29. The highest BCUT2D eigenvalue weighted by Gasteiger charge is 2.35. The van der Waals surface area contributed by atoms with Crippen LogP contribution in [-0.4, -0.2) is 61.6 Å². The maximum Gasteiger partial charge on any atom is 0.228 e. The lowest BCUT2D eigenvalue weighted by atomic mass is 9.92. The van der Waals surface area contributed by atoms with E-state index in [9.17, 15) is 4.79 Å². The highest BCUT2D eigenvalue weighted by molar-refractivity contribution is 6.30. The zero-order valence-electron chi connectivity index (χ0n) is 22.0. The number of pyridine rings is 1. The monoisotopic (exact) mass is 517 g/mol. The smallest absolute Gasteiger partial charge is 0.228 e. The Bertz CT molecular complexity index is 1190. The fourth-order valence-corrected chi connectivity index (χ4v) is 5.48. The molecule has 2 aromatic carbocycles. The third-order valence-corrected chi connectivity index (χ3v) is 7.67. The molecule has 3 heterocycles. The van der Waals surface area contributed by atoms with Crippen molar-refractivity contribution in [2.24, 2.45) is 5.41 Å². The standard InChI is InChI=1S/C30H36ClN5O/c1-30(2,3)29(37)35-20-21-36(27-10-6-24(31)7-11-27)28(22-35)23-4-8-25(9-5-23)33-16-18-34(19-17-33)26-12-14-32-15-13-26/h4-15,28H,16-22H2,1-3H3/t28-/m0/s1. The second-order valence-corrected chi connectivity index (χ2v) is 11.4. The summed E-state index contributed by atoms with van der Waals surface area (Å²) in [6.07, 6.45) is 3.71. The number of benzene rings is 2. The minimum absolute atomic E-state index is 0.0822. The van der Waals surface area contributed by atoms with Crippen molar-refractivity contribution in [3.8, 4) is 0 Å². The van der Waals surface area contributed by atoms with E-state index >= 15 is 0 Å². The van der Waals surface area contributed by atoms with E-state index in [2.05, 4.69) is 68.2 Å². The van der Waals surface area contributed by atoms with E-state index in [-0.39, 0.29) is 11.9 Å². The van der Waals surface area contributed by atoms with Crippen LogP contribution in [0.5, 0.6) is 0 Å². The van der Waals surface area contributed by atoms with Gasteiger partial charge in [-0.15, -0.1) is 0 Å². The largest absolute Gasteiger partial charge is 0.368 e. The summed E-state index contributed by atoms with van der Waals surface area (Å²) in [5.41, 5.74) is 4.44. The molecule has 3 aromatic rings. The van der Waals surface area contributed by atoms with E-state index < -0.39 is 5.41 Å². The molecule has 0 N–H and O–H groups in total. The summed E-state index contributed by atoms with van der Waals surface area (Å²) in [5, 5.41) is 0.732. The molecule has 37 heavy (non-hydrogen) atoms. The first-order valence-corrected chi connectivity index (χ1v) is 13.5. The quantitative estimate of drug-likeness (QED) is 0.457. The van der Waals surface area contributed by atoms with E-state index in [0.29, 0.717) is 6.54 Å². The van der Waals surface area contributed by atoms with Gasteiger partial charge in [-0.25, -0.2) is 0 Å². The summed E-state index contributed by atoms with van der Waals surface area (Å²) < 4.78 is 0. The van der Waals surface area contributed by atoms with Crippen molar-refractivity contribution in [3.05, 3.63) is 83.6 Å². The predicted octanol–water partition coefficient (Wildman–Crippen LogP) is 5.50. The van der Waals surface area contributed by atoms with Crippen molar-refractivity contribution < 1.29 is 4.79 Å². The van der Waals surface area contributed by atoms with Crippen LogP contribution in [-0.2, 0) is 4.79 Å². The molecule has 1 aromatic heterocycles. The van der Waals surface area contributed by atoms with Crippen LogP contribution in [0.2, 0.25) is 5.02 Å². The molecule has 1 amide bonds. The van der Waals surface area contributed by atoms with E-state index in [1.54, 1.807) is 0 Å². The van der Waals surface area contributed by atoms with Crippen LogP contribution < -0.4 is 14.7 Å². The molecule has 6 nitrogen and oxygen atoms in total. The minimum atomic E-state index is -0.394. The van der Waals surface area contributed by atoms with Gasteiger partial charge in [-0.05, 0) is 54.1 Å². The van der Waals surface area contributed by atoms with Gasteiger partial charge in [0.2, 0.25) is 5.91 Å². The van der Waals surface area contributed by atoms with Crippen LogP contribution in [0.4, 0.5) is 17.1 Å². The summed E-state index contributed by atoms with van der Waals surface area (Å²) in [7, 11) is 0. The summed E-state index contributed by atoms with van der Waals surface area (Å²) in [6, 6.07) is 21.2. The highest BCUT2D eigenvalue weighted by atomic mass is 35.5. The Labute approximate surface area is 225 Å². The van der Waals surface area contributed by atoms with Crippen molar-refractivity contribution >= 4 is 34.6 Å². The minimum Gasteiger partial charge on any atom is -0.368 e. The topological polar surface area (TPSA) is 42.9 Å². The fraction of sp³-hybridized carbons (Fsp3) is 0.400. The Morgan fingerprint density at radius 3 is 1.86 bits per heavy atom. The molecule has 1 atom stereocenters. The molecule has 0 unspecified atom stereocenters. The number of carbonyl (C=O) groups is 1. The zero-order valence-corrected chi connectivity index (χ0v) is 22.7. The van der Waals surface area contributed by atoms with Crippen molar-refractivity contribution in [2.75, 3.05) is 60.5 Å². The van der Waals surface area contributed by atoms with Crippen molar-refractivity contribution in [3.63, 3.8) is 0 Å². The number of carbonyl (C=O) groups excluding carboxylic acids is 1. The molecule has 0 spiro atoms. The van der Waals surface area contributed by atoms with Gasteiger partial charge in [0, 0.05) is 85.7 Å². The van der Waals surface area contributed by atoms with Gasteiger partial charge in [-0.2, -0.15) is 0 Å². The van der Waals surface area contributed by atoms with Crippen LogP contribution in [0.1, 0.15) is 32.4 Å². The summed E-state index contributed by atoms with van der Waals surface area (Å²) in [4.78, 5) is 26.6.